The van der Waals surface area contributed by atoms with E-state index in [9.17, 15) is 4.79 Å². The van der Waals surface area contributed by atoms with E-state index in [1.807, 2.05) is 22.9 Å². The highest BCUT2D eigenvalue weighted by atomic mass is 35.5. The average Bonchev–Trinajstić information content (AvgIpc) is 3.05. The van der Waals surface area contributed by atoms with Crippen molar-refractivity contribution in [2.45, 2.75) is 25.6 Å². The second-order valence-electron chi connectivity index (χ2n) is 5.13. The molecule has 1 aromatic carbocycles. The van der Waals surface area contributed by atoms with E-state index in [4.69, 9.17) is 10.5 Å². The predicted octanol–water partition coefficient (Wildman–Crippen LogP) is 1.76. The fourth-order valence-corrected chi connectivity index (χ4v) is 2.10. The third kappa shape index (κ3) is 7.31. The molecule has 8 heteroatoms. The van der Waals surface area contributed by atoms with Crippen molar-refractivity contribution in [3.05, 3.63) is 54.1 Å². The molecule has 1 aromatic heterocycles. The number of nitrogens with one attached hydrogen (secondary N) is 1. The normalized spacial score (nSPS) is 11.1. The Morgan fingerprint density at radius 1 is 1.29 bits per heavy atom. The van der Waals surface area contributed by atoms with Gasteiger partial charge in [-0.2, -0.15) is 0 Å². The van der Waals surface area contributed by atoms with Gasteiger partial charge in [-0.15, -0.1) is 24.8 Å². The summed E-state index contributed by atoms with van der Waals surface area (Å²) in [5.41, 5.74) is 7.75. The molecule has 0 bridgehead atoms. The number of rotatable bonds is 8. The van der Waals surface area contributed by atoms with Gasteiger partial charge in [-0.3, -0.25) is 4.79 Å². The van der Waals surface area contributed by atoms with Crippen LogP contribution in [-0.2, 0) is 22.6 Å². The summed E-state index contributed by atoms with van der Waals surface area (Å²) in [7, 11) is 1.56. The quantitative estimate of drug-likeness (QED) is 0.737. The zero-order valence-electron chi connectivity index (χ0n) is 13.6. The zero-order chi connectivity index (χ0) is 15.8. The Morgan fingerprint density at radius 3 is 2.50 bits per heavy atom. The fraction of sp³-hybridized carbons (Fsp3) is 0.375. The topological polar surface area (TPSA) is 82.2 Å². The SMILES string of the molecule is COC(CN)CC(=O)NCc1ccc(Cn2ccnc2)cc1.Cl.Cl. The second-order valence-corrected chi connectivity index (χ2v) is 5.13. The van der Waals surface area contributed by atoms with E-state index in [1.54, 1.807) is 19.6 Å². The predicted molar refractivity (Wildman–Crippen MR) is 98.6 cm³/mol. The first-order valence-electron chi connectivity index (χ1n) is 7.24. The second kappa shape index (κ2) is 11.9. The maximum absolute atomic E-state index is 11.8. The van der Waals surface area contributed by atoms with Crippen molar-refractivity contribution in [2.24, 2.45) is 5.73 Å². The number of carbonyl (C=O) groups is 1. The molecular formula is C16H24Cl2N4O2. The monoisotopic (exact) mass is 374 g/mol. The van der Waals surface area contributed by atoms with Gasteiger partial charge in [-0.05, 0) is 11.1 Å². The first-order valence-corrected chi connectivity index (χ1v) is 7.24. The van der Waals surface area contributed by atoms with E-state index in [0.29, 0.717) is 13.1 Å². The van der Waals surface area contributed by atoms with Gasteiger partial charge in [-0.25, -0.2) is 4.98 Å². The lowest BCUT2D eigenvalue weighted by Gasteiger charge is -2.12. The number of amides is 1. The molecule has 24 heavy (non-hydrogen) atoms. The fourth-order valence-electron chi connectivity index (χ4n) is 2.10. The highest BCUT2D eigenvalue weighted by Crippen LogP contribution is 2.06. The number of imidazole rings is 1. The summed E-state index contributed by atoms with van der Waals surface area (Å²) in [5.74, 6) is -0.0557. The van der Waals surface area contributed by atoms with Gasteiger partial charge in [0, 0.05) is 39.1 Å². The number of aromatic nitrogens is 2. The first-order chi connectivity index (χ1) is 10.7. The van der Waals surface area contributed by atoms with Crippen LogP contribution in [0.3, 0.4) is 0 Å². The Hall–Kier alpha value is -1.60. The minimum Gasteiger partial charge on any atom is -0.380 e. The van der Waals surface area contributed by atoms with Crippen molar-refractivity contribution in [2.75, 3.05) is 13.7 Å². The van der Waals surface area contributed by atoms with E-state index < -0.39 is 0 Å². The van der Waals surface area contributed by atoms with E-state index in [0.717, 1.165) is 12.1 Å². The zero-order valence-corrected chi connectivity index (χ0v) is 15.2. The van der Waals surface area contributed by atoms with Crippen LogP contribution in [0, 0.1) is 0 Å². The largest absolute Gasteiger partial charge is 0.380 e. The van der Waals surface area contributed by atoms with Crippen LogP contribution in [0.1, 0.15) is 17.5 Å². The number of halogens is 2. The van der Waals surface area contributed by atoms with Gasteiger partial charge >= 0.3 is 0 Å². The van der Waals surface area contributed by atoms with Crippen LogP contribution < -0.4 is 11.1 Å². The van der Waals surface area contributed by atoms with Crippen LogP contribution in [0.2, 0.25) is 0 Å². The lowest BCUT2D eigenvalue weighted by Crippen LogP contribution is -2.31. The summed E-state index contributed by atoms with van der Waals surface area (Å²) in [5, 5.41) is 2.87. The number of ether oxygens (including phenoxy) is 1. The van der Waals surface area contributed by atoms with E-state index in [-0.39, 0.29) is 43.2 Å². The summed E-state index contributed by atoms with van der Waals surface area (Å²) < 4.78 is 7.10. The molecule has 0 spiro atoms. The Kier molecular flexibility index (Phi) is 11.1. The third-order valence-electron chi connectivity index (χ3n) is 3.45. The summed E-state index contributed by atoms with van der Waals surface area (Å²) in [4.78, 5) is 15.8. The number of nitrogens with two attached hydrogens (primary N) is 1. The average molecular weight is 375 g/mol. The van der Waals surface area contributed by atoms with Crippen molar-refractivity contribution in [3.63, 3.8) is 0 Å². The highest BCUT2D eigenvalue weighted by Gasteiger charge is 2.10. The van der Waals surface area contributed by atoms with Crippen molar-refractivity contribution in [1.29, 1.82) is 0 Å². The van der Waals surface area contributed by atoms with Crippen molar-refractivity contribution < 1.29 is 9.53 Å². The third-order valence-corrected chi connectivity index (χ3v) is 3.45. The molecule has 1 unspecified atom stereocenters. The molecule has 134 valence electrons. The molecule has 0 saturated heterocycles. The Bertz CT molecular complexity index is 572. The van der Waals surface area contributed by atoms with Gasteiger partial charge in [0.05, 0.1) is 18.9 Å². The molecule has 0 aliphatic carbocycles. The maximum Gasteiger partial charge on any atom is 0.222 e. The number of benzene rings is 1. The van der Waals surface area contributed by atoms with Gasteiger partial charge in [0.1, 0.15) is 0 Å². The molecule has 2 aromatic rings. The molecule has 0 saturated carbocycles. The van der Waals surface area contributed by atoms with Gasteiger partial charge in [0.25, 0.3) is 0 Å². The van der Waals surface area contributed by atoms with Crippen LogP contribution in [0.5, 0.6) is 0 Å². The smallest absolute Gasteiger partial charge is 0.222 e. The first kappa shape index (κ1) is 22.4. The van der Waals surface area contributed by atoms with Crippen LogP contribution in [0.25, 0.3) is 0 Å². The summed E-state index contributed by atoms with van der Waals surface area (Å²) >= 11 is 0. The standard InChI is InChI=1S/C16H22N4O2.2ClH/c1-22-15(9-17)8-16(21)19-10-13-2-4-14(5-3-13)11-20-7-6-18-12-20;;/h2-7,12,15H,8-11,17H2,1H3,(H,19,21);2*1H. The molecule has 0 aliphatic rings. The lowest BCUT2D eigenvalue weighted by molar-refractivity contribution is -0.123. The molecule has 3 N–H and O–H groups in total. The maximum atomic E-state index is 11.8. The van der Waals surface area contributed by atoms with Gasteiger partial charge in [-0.1, -0.05) is 24.3 Å². The Morgan fingerprint density at radius 2 is 1.96 bits per heavy atom. The number of nitrogens with zero attached hydrogens (tertiary/aromatic N) is 2. The Labute approximate surface area is 154 Å². The minimum atomic E-state index is -0.224. The van der Waals surface area contributed by atoms with Crippen LogP contribution >= 0.6 is 24.8 Å². The number of hydrogen-bond donors (Lipinski definition) is 2. The van der Waals surface area contributed by atoms with Crippen molar-refractivity contribution in [3.8, 4) is 0 Å². The van der Waals surface area contributed by atoms with Crippen molar-refractivity contribution in [1.82, 2.24) is 14.9 Å². The number of hydrogen-bond acceptors (Lipinski definition) is 4. The number of carbonyl (C=O) groups excluding carboxylic acids is 1. The Balaban J connectivity index is 0.00000264. The van der Waals surface area contributed by atoms with Crippen LogP contribution in [-0.4, -0.2) is 35.2 Å². The number of methoxy groups -OCH3 is 1. The molecule has 1 heterocycles. The van der Waals surface area contributed by atoms with Crippen LogP contribution in [0.4, 0.5) is 0 Å². The van der Waals surface area contributed by atoms with Gasteiger partial charge in [0.2, 0.25) is 5.91 Å². The lowest BCUT2D eigenvalue weighted by atomic mass is 10.1. The van der Waals surface area contributed by atoms with Gasteiger partial charge < -0.3 is 20.4 Å². The minimum absolute atomic E-state index is 0. The molecule has 1 atom stereocenters. The van der Waals surface area contributed by atoms with E-state index in [2.05, 4.69) is 22.4 Å². The summed E-state index contributed by atoms with van der Waals surface area (Å²) in [6.45, 7) is 1.64. The molecule has 0 radical (unpaired) electrons. The molecule has 2 rings (SSSR count). The highest BCUT2D eigenvalue weighted by molar-refractivity contribution is 5.85. The van der Waals surface area contributed by atoms with E-state index in [1.165, 1.54) is 5.56 Å². The van der Waals surface area contributed by atoms with Crippen LogP contribution in [0.15, 0.2) is 43.0 Å². The van der Waals surface area contributed by atoms with Crippen molar-refractivity contribution >= 4 is 30.7 Å². The summed E-state index contributed by atoms with van der Waals surface area (Å²) in [6, 6.07) is 8.14. The molecule has 6 nitrogen and oxygen atoms in total. The molecule has 0 fully saturated rings. The van der Waals surface area contributed by atoms with E-state index >= 15 is 0 Å². The molecular weight excluding hydrogens is 351 g/mol. The summed E-state index contributed by atoms with van der Waals surface area (Å²) in [6.07, 6.45) is 5.54. The van der Waals surface area contributed by atoms with Gasteiger partial charge in [0.15, 0.2) is 0 Å². The molecule has 0 aliphatic heterocycles. The molecule has 1 amide bonds.